The minimum atomic E-state index is -0.122. The molecule has 2 aliphatic heterocycles. The van der Waals surface area contributed by atoms with Crippen LogP contribution in [0.25, 0.3) is 0 Å². The summed E-state index contributed by atoms with van der Waals surface area (Å²) in [6.07, 6.45) is 3.17. The maximum absolute atomic E-state index is 13.5. The SMILES string of the molecule is Cc1cc(CN2CC[C@H](N3CCN(C)CC3)[C@H](CCCO)C2)ccc1F. The minimum absolute atomic E-state index is 0.122. The lowest BCUT2D eigenvalue weighted by molar-refractivity contribution is 0.0212. The molecule has 0 aromatic heterocycles. The van der Waals surface area contributed by atoms with E-state index in [-0.39, 0.29) is 12.4 Å². The minimum Gasteiger partial charge on any atom is -0.396 e. The number of likely N-dealkylation sites (N-methyl/N-ethyl adjacent to an activating group) is 1. The topological polar surface area (TPSA) is 30.0 Å². The largest absolute Gasteiger partial charge is 0.396 e. The Morgan fingerprint density at radius 2 is 1.92 bits per heavy atom. The van der Waals surface area contributed by atoms with E-state index in [1.54, 1.807) is 6.07 Å². The smallest absolute Gasteiger partial charge is 0.126 e. The Hall–Kier alpha value is -1.01. The summed E-state index contributed by atoms with van der Waals surface area (Å²) >= 11 is 0. The fraction of sp³-hybridized carbons (Fsp3) is 0.714. The Morgan fingerprint density at radius 3 is 2.62 bits per heavy atom. The van der Waals surface area contributed by atoms with Gasteiger partial charge in [-0.3, -0.25) is 9.80 Å². The van der Waals surface area contributed by atoms with Crippen LogP contribution in [0.4, 0.5) is 4.39 Å². The molecule has 0 amide bonds. The van der Waals surface area contributed by atoms with E-state index in [1.807, 2.05) is 19.1 Å². The van der Waals surface area contributed by atoms with Gasteiger partial charge in [0.25, 0.3) is 0 Å². The molecule has 0 radical (unpaired) electrons. The van der Waals surface area contributed by atoms with Gasteiger partial charge in [-0.1, -0.05) is 12.1 Å². The molecule has 0 aliphatic carbocycles. The third-order valence-electron chi connectivity index (χ3n) is 6.15. The Labute approximate surface area is 157 Å². The van der Waals surface area contributed by atoms with E-state index in [2.05, 4.69) is 21.7 Å². The Balaban J connectivity index is 1.62. The van der Waals surface area contributed by atoms with Crippen LogP contribution in [0.2, 0.25) is 0 Å². The molecule has 2 heterocycles. The summed E-state index contributed by atoms with van der Waals surface area (Å²) in [5.41, 5.74) is 1.93. The van der Waals surface area contributed by atoms with E-state index in [1.165, 1.54) is 12.0 Å². The molecule has 1 N–H and O–H groups in total. The molecule has 3 rings (SSSR count). The average molecular weight is 364 g/mol. The summed E-state index contributed by atoms with van der Waals surface area (Å²) in [4.78, 5) is 7.61. The van der Waals surface area contributed by atoms with Gasteiger partial charge >= 0.3 is 0 Å². The molecule has 0 saturated carbocycles. The van der Waals surface area contributed by atoms with Crippen molar-refractivity contribution in [1.82, 2.24) is 14.7 Å². The van der Waals surface area contributed by atoms with E-state index in [0.717, 1.165) is 64.2 Å². The molecule has 2 aliphatic rings. The van der Waals surface area contributed by atoms with E-state index in [9.17, 15) is 9.50 Å². The van der Waals surface area contributed by atoms with Crippen molar-refractivity contribution >= 4 is 0 Å². The maximum Gasteiger partial charge on any atom is 0.126 e. The molecule has 0 bridgehead atoms. The van der Waals surface area contributed by atoms with Crippen LogP contribution in [0.15, 0.2) is 18.2 Å². The van der Waals surface area contributed by atoms with E-state index in [4.69, 9.17) is 0 Å². The first-order valence-electron chi connectivity index (χ1n) is 10.1. The molecule has 0 unspecified atom stereocenters. The second kappa shape index (κ2) is 9.27. The van der Waals surface area contributed by atoms with Crippen molar-refractivity contribution in [3.05, 3.63) is 35.1 Å². The van der Waals surface area contributed by atoms with Crippen LogP contribution in [0.5, 0.6) is 0 Å². The fourth-order valence-electron chi connectivity index (χ4n) is 4.57. The lowest BCUT2D eigenvalue weighted by atomic mass is 9.86. The van der Waals surface area contributed by atoms with Crippen LogP contribution in [0, 0.1) is 18.7 Å². The first-order valence-corrected chi connectivity index (χ1v) is 10.1. The lowest BCUT2D eigenvalue weighted by Gasteiger charge is -2.46. The van der Waals surface area contributed by atoms with Gasteiger partial charge in [0.1, 0.15) is 5.82 Å². The normalized spacial score (nSPS) is 26.3. The highest BCUT2D eigenvalue weighted by atomic mass is 19.1. The number of hydrogen-bond donors (Lipinski definition) is 1. The van der Waals surface area contributed by atoms with Crippen LogP contribution < -0.4 is 0 Å². The number of benzene rings is 1. The van der Waals surface area contributed by atoms with Crippen LogP contribution in [-0.4, -0.2) is 78.8 Å². The zero-order valence-corrected chi connectivity index (χ0v) is 16.3. The van der Waals surface area contributed by atoms with Crippen LogP contribution in [0.1, 0.15) is 30.4 Å². The third kappa shape index (κ3) is 5.03. The number of aliphatic hydroxyl groups is 1. The molecule has 2 fully saturated rings. The number of piperidine rings is 1. The summed E-state index contributed by atoms with van der Waals surface area (Å²) < 4.78 is 13.5. The zero-order valence-electron chi connectivity index (χ0n) is 16.3. The summed E-state index contributed by atoms with van der Waals surface area (Å²) in [6, 6.07) is 6.12. The molecule has 4 nitrogen and oxygen atoms in total. The second-order valence-corrected chi connectivity index (χ2v) is 8.14. The number of hydrogen-bond acceptors (Lipinski definition) is 4. The highest BCUT2D eigenvalue weighted by Gasteiger charge is 2.33. The quantitative estimate of drug-likeness (QED) is 0.840. The first-order chi connectivity index (χ1) is 12.6. The third-order valence-corrected chi connectivity index (χ3v) is 6.15. The van der Waals surface area contributed by atoms with E-state index < -0.39 is 0 Å². The average Bonchev–Trinajstić information content (AvgIpc) is 2.64. The molecule has 0 spiro atoms. The summed E-state index contributed by atoms with van der Waals surface area (Å²) in [5, 5.41) is 9.32. The number of likely N-dealkylation sites (tertiary alicyclic amines) is 1. The second-order valence-electron chi connectivity index (χ2n) is 8.14. The van der Waals surface area contributed by atoms with Crippen LogP contribution in [0.3, 0.4) is 0 Å². The Bertz CT molecular complexity index is 574. The van der Waals surface area contributed by atoms with Crippen molar-refractivity contribution in [2.75, 3.05) is 52.9 Å². The van der Waals surface area contributed by atoms with Gasteiger partial charge in [0, 0.05) is 51.9 Å². The molecule has 2 atom stereocenters. The first kappa shape index (κ1) is 19.7. The van der Waals surface area contributed by atoms with E-state index in [0.29, 0.717) is 12.0 Å². The molecule has 26 heavy (non-hydrogen) atoms. The van der Waals surface area contributed by atoms with Gasteiger partial charge in [0.05, 0.1) is 0 Å². The number of nitrogens with zero attached hydrogens (tertiary/aromatic N) is 3. The van der Waals surface area contributed by atoms with Gasteiger partial charge < -0.3 is 10.0 Å². The highest BCUT2D eigenvalue weighted by molar-refractivity contribution is 5.23. The highest BCUT2D eigenvalue weighted by Crippen LogP contribution is 2.28. The van der Waals surface area contributed by atoms with Crippen molar-refractivity contribution in [2.24, 2.45) is 5.92 Å². The number of piperazine rings is 1. The Morgan fingerprint density at radius 1 is 1.15 bits per heavy atom. The van der Waals surface area contributed by atoms with Gasteiger partial charge in [-0.25, -0.2) is 4.39 Å². The number of halogens is 1. The molecular formula is C21H34FN3O. The Kier molecular flexibility index (Phi) is 7.04. The van der Waals surface area contributed by atoms with E-state index >= 15 is 0 Å². The van der Waals surface area contributed by atoms with Crippen LogP contribution >= 0.6 is 0 Å². The van der Waals surface area contributed by atoms with Gasteiger partial charge in [-0.2, -0.15) is 0 Å². The fourth-order valence-corrected chi connectivity index (χ4v) is 4.57. The summed E-state index contributed by atoms with van der Waals surface area (Å²) in [7, 11) is 2.20. The van der Waals surface area contributed by atoms with Crippen molar-refractivity contribution < 1.29 is 9.50 Å². The predicted molar refractivity (Wildman–Crippen MR) is 104 cm³/mol. The van der Waals surface area contributed by atoms with Crippen molar-refractivity contribution in [3.63, 3.8) is 0 Å². The van der Waals surface area contributed by atoms with Crippen molar-refractivity contribution in [3.8, 4) is 0 Å². The van der Waals surface area contributed by atoms with Gasteiger partial charge in [0.2, 0.25) is 0 Å². The standard InChI is InChI=1S/C21H34FN3O/c1-17-14-18(5-6-20(17)22)15-24-8-7-21(19(16-24)4-3-13-26)25-11-9-23(2)10-12-25/h5-6,14,19,21,26H,3-4,7-13,15-16H2,1-2H3/t19-,21+/m1/s1. The molecule has 1 aromatic rings. The van der Waals surface area contributed by atoms with Gasteiger partial charge in [-0.15, -0.1) is 0 Å². The molecule has 1 aromatic carbocycles. The zero-order chi connectivity index (χ0) is 18.5. The molecule has 5 heteroatoms. The molecule has 146 valence electrons. The van der Waals surface area contributed by atoms with Gasteiger partial charge in [-0.05, 0) is 62.9 Å². The summed E-state index contributed by atoms with van der Waals surface area (Å²) in [6.45, 7) is 9.82. The summed E-state index contributed by atoms with van der Waals surface area (Å²) in [5.74, 6) is 0.490. The number of aliphatic hydroxyl groups excluding tert-OH is 1. The maximum atomic E-state index is 13.5. The number of rotatable bonds is 6. The van der Waals surface area contributed by atoms with Gasteiger partial charge in [0.15, 0.2) is 0 Å². The van der Waals surface area contributed by atoms with Crippen LogP contribution in [-0.2, 0) is 6.54 Å². The van der Waals surface area contributed by atoms with Crippen molar-refractivity contribution in [1.29, 1.82) is 0 Å². The number of aryl methyl sites for hydroxylation is 1. The predicted octanol–water partition coefficient (Wildman–Crippen LogP) is 2.34. The molecule has 2 saturated heterocycles. The monoisotopic (exact) mass is 363 g/mol. The van der Waals surface area contributed by atoms with Crippen molar-refractivity contribution in [2.45, 2.75) is 38.8 Å². The molecular weight excluding hydrogens is 329 g/mol. The lowest BCUT2D eigenvalue weighted by Crippen LogP contribution is -2.56.